The Morgan fingerprint density at radius 2 is 2.18 bits per heavy atom. The number of para-hydroxylation sites is 1. The molecule has 0 fully saturated rings. The predicted molar refractivity (Wildman–Crippen MR) is 79.9 cm³/mol. The van der Waals surface area contributed by atoms with E-state index in [1.165, 1.54) is 26.2 Å². The van der Waals surface area contributed by atoms with Gasteiger partial charge in [0, 0.05) is 27.0 Å². The molecule has 0 aliphatic carbocycles. The lowest BCUT2D eigenvalue weighted by atomic mass is 10.1. The van der Waals surface area contributed by atoms with Crippen molar-refractivity contribution in [2.75, 3.05) is 5.32 Å². The molecule has 2 aromatic rings. The van der Waals surface area contributed by atoms with Gasteiger partial charge >= 0.3 is 0 Å². The van der Waals surface area contributed by atoms with Crippen molar-refractivity contribution in [3.63, 3.8) is 0 Å². The minimum Gasteiger partial charge on any atom is -0.380 e. The molecular weight excluding hydrogens is 294 g/mol. The van der Waals surface area contributed by atoms with Gasteiger partial charge in [-0.25, -0.2) is 0 Å². The molecule has 0 amide bonds. The van der Waals surface area contributed by atoms with Crippen molar-refractivity contribution in [3.05, 3.63) is 50.1 Å². The lowest BCUT2D eigenvalue weighted by Gasteiger charge is -2.13. The molecule has 0 saturated heterocycles. The fourth-order valence-electron chi connectivity index (χ4n) is 1.90. The van der Waals surface area contributed by atoms with E-state index in [0.29, 0.717) is 0 Å². The number of hydrogen-bond donors (Lipinski definition) is 1. The van der Waals surface area contributed by atoms with Crippen LogP contribution in [-0.2, 0) is 13.0 Å². The van der Waals surface area contributed by atoms with Gasteiger partial charge in [0.05, 0.1) is 0 Å². The molecule has 0 spiro atoms. The van der Waals surface area contributed by atoms with E-state index in [1.54, 1.807) is 11.3 Å². The highest BCUT2D eigenvalue weighted by Crippen LogP contribution is 2.24. The minimum absolute atomic E-state index is 0.897. The monoisotopic (exact) mass is 309 g/mol. The summed E-state index contributed by atoms with van der Waals surface area (Å²) in [5, 5.41) is 5.67. The second-order valence-electron chi connectivity index (χ2n) is 4.05. The summed E-state index contributed by atoms with van der Waals surface area (Å²) >= 11 is 5.26. The van der Waals surface area contributed by atoms with Crippen molar-refractivity contribution in [2.24, 2.45) is 0 Å². The average Bonchev–Trinajstić information content (AvgIpc) is 2.73. The average molecular weight is 310 g/mol. The van der Waals surface area contributed by atoms with Crippen LogP contribution >= 0.6 is 27.3 Å². The van der Waals surface area contributed by atoms with E-state index in [4.69, 9.17) is 0 Å². The van der Waals surface area contributed by atoms with Crippen molar-refractivity contribution in [1.82, 2.24) is 0 Å². The van der Waals surface area contributed by atoms with Gasteiger partial charge in [-0.05, 0) is 46.5 Å². The van der Waals surface area contributed by atoms with Crippen LogP contribution < -0.4 is 5.32 Å². The third kappa shape index (κ3) is 3.11. The van der Waals surface area contributed by atoms with Gasteiger partial charge in [-0.3, -0.25) is 0 Å². The second-order valence-corrected chi connectivity index (χ2v) is 5.96. The summed E-state index contributed by atoms with van der Waals surface area (Å²) in [4.78, 5) is 1.35. The molecule has 0 saturated carbocycles. The van der Waals surface area contributed by atoms with E-state index < -0.39 is 0 Å². The lowest BCUT2D eigenvalue weighted by molar-refractivity contribution is 1.09. The zero-order valence-corrected chi connectivity index (χ0v) is 12.5. The van der Waals surface area contributed by atoms with Crippen molar-refractivity contribution >= 4 is 33.0 Å². The number of aryl methyl sites for hydroxylation is 2. The molecular formula is C14H16BrNS. The van der Waals surface area contributed by atoms with E-state index in [9.17, 15) is 0 Å². The second kappa shape index (κ2) is 5.69. The number of rotatable bonds is 4. The smallest absolute Gasteiger partial charge is 0.0494 e. The Kier molecular flexibility index (Phi) is 4.24. The summed E-state index contributed by atoms with van der Waals surface area (Å²) in [5.41, 5.74) is 4.00. The highest BCUT2D eigenvalue weighted by Gasteiger charge is 2.04. The topological polar surface area (TPSA) is 12.0 Å². The van der Waals surface area contributed by atoms with Gasteiger partial charge in [0.15, 0.2) is 0 Å². The van der Waals surface area contributed by atoms with Crippen molar-refractivity contribution < 1.29 is 0 Å². The molecule has 3 heteroatoms. The molecule has 0 atom stereocenters. The molecule has 17 heavy (non-hydrogen) atoms. The number of thiophene rings is 1. The lowest BCUT2D eigenvalue weighted by Crippen LogP contribution is -2.02. The van der Waals surface area contributed by atoms with Crippen LogP contribution in [0.5, 0.6) is 0 Å². The van der Waals surface area contributed by atoms with E-state index in [2.05, 4.69) is 64.7 Å². The molecule has 1 aromatic heterocycles. The van der Waals surface area contributed by atoms with Crippen LogP contribution in [0.3, 0.4) is 0 Å². The van der Waals surface area contributed by atoms with E-state index in [-0.39, 0.29) is 0 Å². The van der Waals surface area contributed by atoms with E-state index in [1.807, 2.05) is 0 Å². The molecule has 1 N–H and O–H groups in total. The molecule has 2 rings (SSSR count). The first kappa shape index (κ1) is 12.7. The number of hydrogen-bond acceptors (Lipinski definition) is 2. The highest BCUT2D eigenvalue weighted by molar-refractivity contribution is 9.10. The van der Waals surface area contributed by atoms with Crippen LogP contribution in [0.1, 0.15) is 22.9 Å². The Balaban J connectivity index is 2.13. The SMILES string of the molecule is CCc1cccc(C)c1NCc1cc(Br)cs1. The van der Waals surface area contributed by atoms with Crippen LogP contribution in [-0.4, -0.2) is 0 Å². The summed E-state index contributed by atoms with van der Waals surface area (Å²) < 4.78 is 1.17. The molecule has 1 aromatic carbocycles. The summed E-state index contributed by atoms with van der Waals surface area (Å²) in [6.07, 6.45) is 1.07. The van der Waals surface area contributed by atoms with Gasteiger partial charge in [-0.1, -0.05) is 25.1 Å². The largest absolute Gasteiger partial charge is 0.380 e. The van der Waals surface area contributed by atoms with E-state index >= 15 is 0 Å². The maximum atomic E-state index is 3.55. The van der Waals surface area contributed by atoms with Crippen molar-refractivity contribution in [3.8, 4) is 0 Å². The summed E-state index contributed by atoms with van der Waals surface area (Å²) in [6.45, 7) is 5.25. The quantitative estimate of drug-likeness (QED) is 0.838. The maximum absolute atomic E-state index is 3.55. The van der Waals surface area contributed by atoms with Gasteiger partial charge in [0.2, 0.25) is 0 Å². The summed E-state index contributed by atoms with van der Waals surface area (Å²) in [7, 11) is 0. The Morgan fingerprint density at radius 3 is 2.82 bits per heavy atom. The number of benzene rings is 1. The van der Waals surface area contributed by atoms with Crippen LogP contribution in [0.15, 0.2) is 34.1 Å². The molecule has 0 aliphatic rings. The van der Waals surface area contributed by atoms with Gasteiger partial charge in [0.1, 0.15) is 0 Å². The number of nitrogens with one attached hydrogen (secondary N) is 1. The number of halogens is 1. The first-order valence-corrected chi connectivity index (χ1v) is 7.43. The normalized spacial score (nSPS) is 10.5. The highest BCUT2D eigenvalue weighted by atomic mass is 79.9. The number of anilines is 1. The van der Waals surface area contributed by atoms with Crippen LogP contribution in [0.2, 0.25) is 0 Å². The predicted octanol–water partition coefficient (Wildman–Crippen LogP) is 4.99. The third-order valence-corrected chi connectivity index (χ3v) is 4.50. The van der Waals surface area contributed by atoms with Gasteiger partial charge in [0.25, 0.3) is 0 Å². The van der Waals surface area contributed by atoms with Crippen LogP contribution in [0.25, 0.3) is 0 Å². The fourth-order valence-corrected chi connectivity index (χ4v) is 3.29. The van der Waals surface area contributed by atoms with E-state index in [0.717, 1.165) is 13.0 Å². The molecule has 0 radical (unpaired) electrons. The first-order valence-electron chi connectivity index (χ1n) is 5.76. The zero-order chi connectivity index (χ0) is 12.3. The minimum atomic E-state index is 0.897. The van der Waals surface area contributed by atoms with Gasteiger partial charge < -0.3 is 5.32 Å². The Morgan fingerprint density at radius 1 is 1.35 bits per heavy atom. The standard InChI is InChI=1S/C14H16BrNS/c1-3-11-6-4-5-10(2)14(11)16-8-13-7-12(15)9-17-13/h4-7,9,16H,3,8H2,1-2H3. The Hall–Kier alpha value is -0.800. The first-order chi connectivity index (χ1) is 8.20. The van der Waals surface area contributed by atoms with Gasteiger partial charge in [-0.15, -0.1) is 11.3 Å². The molecule has 0 bridgehead atoms. The molecule has 1 heterocycles. The summed E-state index contributed by atoms with van der Waals surface area (Å²) in [5.74, 6) is 0. The molecule has 90 valence electrons. The van der Waals surface area contributed by atoms with Crippen LogP contribution in [0, 0.1) is 6.92 Å². The molecule has 0 aliphatic heterocycles. The zero-order valence-electron chi connectivity index (χ0n) is 10.1. The molecule has 1 nitrogen and oxygen atoms in total. The molecule has 0 unspecified atom stereocenters. The van der Waals surface area contributed by atoms with Crippen molar-refractivity contribution in [2.45, 2.75) is 26.8 Å². The summed E-state index contributed by atoms with van der Waals surface area (Å²) in [6, 6.07) is 8.65. The van der Waals surface area contributed by atoms with Crippen LogP contribution in [0.4, 0.5) is 5.69 Å². The van der Waals surface area contributed by atoms with Crippen molar-refractivity contribution in [1.29, 1.82) is 0 Å². The fraction of sp³-hybridized carbons (Fsp3) is 0.286. The Labute approximate surface area is 115 Å². The third-order valence-electron chi connectivity index (χ3n) is 2.80. The van der Waals surface area contributed by atoms with Gasteiger partial charge in [-0.2, -0.15) is 0 Å². The Bertz CT molecular complexity index is 505. The maximum Gasteiger partial charge on any atom is 0.0494 e.